The van der Waals surface area contributed by atoms with Gasteiger partial charge in [-0.3, -0.25) is 9.48 Å². The number of aryl methyl sites for hydroxylation is 1. The zero-order valence-corrected chi connectivity index (χ0v) is 17.9. The van der Waals surface area contributed by atoms with E-state index < -0.39 is 0 Å². The van der Waals surface area contributed by atoms with Gasteiger partial charge < -0.3 is 5.32 Å². The molecule has 0 bridgehead atoms. The largest absolute Gasteiger partial charge is 0.348 e. The van der Waals surface area contributed by atoms with Gasteiger partial charge in [0, 0.05) is 41.5 Å². The molecule has 5 rings (SSSR count). The van der Waals surface area contributed by atoms with Crippen molar-refractivity contribution in [1.82, 2.24) is 20.1 Å². The number of nitriles is 1. The second-order valence-electron chi connectivity index (χ2n) is 9.16. The molecule has 156 valence electrons. The first-order valence-corrected chi connectivity index (χ1v) is 10.8. The van der Waals surface area contributed by atoms with Crippen LogP contribution in [-0.4, -0.2) is 20.7 Å². The van der Waals surface area contributed by atoms with E-state index in [1.54, 1.807) is 0 Å². The van der Waals surface area contributed by atoms with Crippen LogP contribution in [0.5, 0.6) is 0 Å². The number of nitrogens with one attached hydrogen (secondary N) is 1. The summed E-state index contributed by atoms with van der Waals surface area (Å²) in [5.41, 5.74) is 6.63. The standard InChI is InChI=1S/C25H25N5O/c1-16-9-20(19-13-28-30(14-19)15-25(2)7-3-4-8-25)23(29-22(16)11-26)17-5-6-18-12-27-24(31)21(18)10-17/h5-6,9-10,13-14H,3-4,7-8,12,15H2,1-2H3,(H,27,31). The molecular weight excluding hydrogens is 386 g/mol. The summed E-state index contributed by atoms with van der Waals surface area (Å²) in [5, 5.41) is 17.0. The van der Waals surface area contributed by atoms with Crippen LogP contribution in [0.2, 0.25) is 0 Å². The summed E-state index contributed by atoms with van der Waals surface area (Å²) in [6.07, 6.45) is 9.02. The number of benzene rings is 1. The number of amides is 1. The maximum Gasteiger partial charge on any atom is 0.251 e. The van der Waals surface area contributed by atoms with Crippen LogP contribution >= 0.6 is 0 Å². The molecule has 0 spiro atoms. The number of carbonyl (C=O) groups is 1. The molecule has 0 radical (unpaired) electrons. The van der Waals surface area contributed by atoms with Crippen molar-refractivity contribution >= 4 is 5.91 Å². The van der Waals surface area contributed by atoms with Crippen molar-refractivity contribution < 1.29 is 4.79 Å². The molecule has 1 saturated carbocycles. The SMILES string of the molecule is Cc1cc(-c2cnn(CC3(C)CCCC3)c2)c(-c2ccc3c(c2)C(=O)NC3)nc1C#N. The number of aromatic nitrogens is 3. The first-order chi connectivity index (χ1) is 15.0. The van der Waals surface area contributed by atoms with E-state index in [0.717, 1.165) is 34.4 Å². The lowest BCUT2D eigenvalue weighted by molar-refractivity contribution is 0.0966. The predicted octanol–water partition coefficient (Wildman–Crippen LogP) is 4.62. The van der Waals surface area contributed by atoms with Crippen molar-refractivity contribution in [2.75, 3.05) is 0 Å². The lowest BCUT2D eigenvalue weighted by atomic mass is 9.89. The molecule has 1 aliphatic carbocycles. The van der Waals surface area contributed by atoms with Crippen molar-refractivity contribution in [3.63, 3.8) is 0 Å². The molecule has 2 aromatic heterocycles. The molecule has 6 heteroatoms. The minimum absolute atomic E-state index is 0.0661. The second-order valence-corrected chi connectivity index (χ2v) is 9.16. The number of pyridine rings is 1. The van der Waals surface area contributed by atoms with Gasteiger partial charge in [-0.1, -0.05) is 31.9 Å². The Morgan fingerprint density at radius 3 is 2.77 bits per heavy atom. The highest BCUT2D eigenvalue weighted by Gasteiger charge is 2.29. The van der Waals surface area contributed by atoms with E-state index in [2.05, 4.69) is 34.6 Å². The minimum Gasteiger partial charge on any atom is -0.348 e. The lowest BCUT2D eigenvalue weighted by Crippen LogP contribution is -2.19. The average Bonchev–Trinajstić information content (AvgIpc) is 3.49. The third-order valence-corrected chi connectivity index (χ3v) is 6.68. The molecule has 0 unspecified atom stereocenters. The summed E-state index contributed by atoms with van der Waals surface area (Å²) in [5.74, 6) is -0.0661. The van der Waals surface area contributed by atoms with Gasteiger partial charge in [0.1, 0.15) is 11.8 Å². The Bertz CT molecular complexity index is 1230. The van der Waals surface area contributed by atoms with Crippen molar-refractivity contribution in [2.45, 2.75) is 52.6 Å². The van der Waals surface area contributed by atoms with Crippen LogP contribution in [-0.2, 0) is 13.1 Å². The van der Waals surface area contributed by atoms with E-state index in [-0.39, 0.29) is 5.91 Å². The zero-order chi connectivity index (χ0) is 21.6. The van der Waals surface area contributed by atoms with Gasteiger partial charge in [0.05, 0.1) is 11.9 Å². The van der Waals surface area contributed by atoms with Gasteiger partial charge in [-0.05, 0) is 48.4 Å². The highest BCUT2D eigenvalue weighted by molar-refractivity contribution is 5.99. The molecule has 31 heavy (non-hydrogen) atoms. The Hall–Kier alpha value is -3.46. The quantitative estimate of drug-likeness (QED) is 0.679. The monoisotopic (exact) mass is 411 g/mol. The van der Waals surface area contributed by atoms with Gasteiger partial charge in [0.25, 0.3) is 5.91 Å². The lowest BCUT2D eigenvalue weighted by Gasteiger charge is -2.22. The van der Waals surface area contributed by atoms with Gasteiger partial charge in [-0.15, -0.1) is 0 Å². The first kappa shape index (κ1) is 19.5. The summed E-state index contributed by atoms with van der Waals surface area (Å²) in [7, 11) is 0. The molecule has 1 N–H and O–H groups in total. The third-order valence-electron chi connectivity index (χ3n) is 6.68. The van der Waals surface area contributed by atoms with E-state index in [1.807, 2.05) is 42.1 Å². The fourth-order valence-electron chi connectivity index (χ4n) is 4.89. The van der Waals surface area contributed by atoms with Crippen LogP contribution in [0.1, 0.15) is 59.8 Å². The van der Waals surface area contributed by atoms with Crippen LogP contribution in [0.3, 0.4) is 0 Å². The number of nitrogens with zero attached hydrogens (tertiary/aromatic N) is 4. The van der Waals surface area contributed by atoms with Crippen LogP contribution in [0.4, 0.5) is 0 Å². The van der Waals surface area contributed by atoms with Crippen LogP contribution < -0.4 is 5.32 Å². The second kappa shape index (κ2) is 7.35. The van der Waals surface area contributed by atoms with Crippen LogP contribution in [0.25, 0.3) is 22.4 Å². The summed E-state index contributed by atoms with van der Waals surface area (Å²) < 4.78 is 2.04. The molecule has 2 aliphatic rings. The maximum absolute atomic E-state index is 12.2. The fraction of sp³-hybridized carbons (Fsp3) is 0.360. The van der Waals surface area contributed by atoms with Crippen molar-refractivity contribution in [2.24, 2.45) is 5.41 Å². The van der Waals surface area contributed by atoms with Gasteiger partial charge >= 0.3 is 0 Å². The maximum atomic E-state index is 12.2. The fourth-order valence-corrected chi connectivity index (χ4v) is 4.89. The molecule has 1 fully saturated rings. The number of hydrogen-bond acceptors (Lipinski definition) is 4. The third kappa shape index (κ3) is 3.50. The normalized spacial score (nSPS) is 16.7. The number of carbonyl (C=O) groups excluding carboxylic acids is 1. The average molecular weight is 412 g/mol. The topological polar surface area (TPSA) is 83.6 Å². The summed E-state index contributed by atoms with van der Waals surface area (Å²) in [6.45, 7) is 5.70. The highest BCUT2D eigenvalue weighted by Crippen LogP contribution is 2.39. The summed E-state index contributed by atoms with van der Waals surface area (Å²) in [4.78, 5) is 16.9. The molecule has 1 aromatic carbocycles. The molecule has 0 atom stereocenters. The predicted molar refractivity (Wildman–Crippen MR) is 118 cm³/mol. The minimum atomic E-state index is -0.0661. The molecule has 3 heterocycles. The molecule has 3 aromatic rings. The molecule has 6 nitrogen and oxygen atoms in total. The zero-order valence-electron chi connectivity index (χ0n) is 17.9. The molecular formula is C25H25N5O. The Kier molecular flexibility index (Phi) is 4.62. The Morgan fingerprint density at radius 1 is 1.19 bits per heavy atom. The van der Waals surface area contributed by atoms with Gasteiger partial charge in [0.15, 0.2) is 0 Å². The van der Waals surface area contributed by atoms with E-state index in [1.165, 1.54) is 25.7 Å². The van der Waals surface area contributed by atoms with Crippen molar-refractivity contribution in [3.05, 3.63) is 59.0 Å². The van der Waals surface area contributed by atoms with E-state index >= 15 is 0 Å². The number of fused-ring (bicyclic) bond motifs is 1. The number of hydrogen-bond donors (Lipinski definition) is 1. The first-order valence-electron chi connectivity index (χ1n) is 10.8. The summed E-state index contributed by atoms with van der Waals surface area (Å²) >= 11 is 0. The van der Waals surface area contributed by atoms with E-state index in [9.17, 15) is 10.1 Å². The Morgan fingerprint density at radius 2 is 2.00 bits per heavy atom. The summed E-state index contributed by atoms with van der Waals surface area (Å²) in [6, 6.07) is 10.0. The van der Waals surface area contributed by atoms with Crippen molar-refractivity contribution in [1.29, 1.82) is 5.26 Å². The van der Waals surface area contributed by atoms with Crippen molar-refractivity contribution in [3.8, 4) is 28.5 Å². The van der Waals surface area contributed by atoms with Gasteiger partial charge in [-0.25, -0.2) is 4.98 Å². The van der Waals surface area contributed by atoms with Crippen LogP contribution in [0.15, 0.2) is 36.7 Å². The van der Waals surface area contributed by atoms with Gasteiger partial charge in [0.2, 0.25) is 0 Å². The Balaban J connectivity index is 1.58. The Labute approximate surface area is 181 Å². The molecule has 1 aliphatic heterocycles. The molecule has 1 amide bonds. The van der Waals surface area contributed by atoms with Crippen LogP contribution in [0, 0.1) is 23.7 Å². The smallest absolute Gasteiger partial charge is 0.251 e. The number of rotatable bonds is 4. The van der Waals surface area contributed by atoms with E-state index in [4.69, 9.17) is 0 Å². The van der Waals surface area contributed by atoms with Gasteiger partial charge in [-0.2, -0.15) is 10.4 Å². The van der Waals surface area contributed by atoms with E-state index in [0.29, 0.717) is 28.9 Å². The highest BCUT2D eigenvalue weighted by atomic mass is 16.1. The molecule has 0 saturated heterocycles.